The van der Waals surface area contributed by atoms with Crippen LogP contribution >= 0.6 is 0 Å². The van der Waals surface area contributed by atoms with Gasteiger partial charge in [-0.3, -0.25) is 0 Å². The molecule has 0 nitrogen and oxygen atoms in total. The molecule has 11 heavy (non-hydrogen) atoms. The van der Waals surface area contributed by atoms with Gasteiger partial charge in [0.05, 0.1) is 0 Å². The van der Waals surface area contributed by atoms with Crippen molar-refractivity contribution in [2.75, 3.05) is 6.26 Å². The molecule has 0 aliphatic rings. The van der Waals surface area contributed by atoms with Gasteiger partial charge < -0.3 is 25.3 Å². The monoisotopic (exact) mass is 202 g/mol. The minimum Gasteiger partial charge on any atom is -0.796 e. The molecule has 1 aromatic carbocycles. The summed E-state index contributed by atoms with van der Waals surface area (Å²) in [6.45, 7) is 0. The molecule has 0 N–H and O–H groups in total. The average molecular weight is 202 g/mol. The molecule has 0 unspecified atom stereocenters. The zero-order valence-corrected chi connectivity index (χ0v) is 12.8. The molecule has 0 atom stereocenters. The third-order valence-electron chi connectivity index (χ3n) is 0.743. The van der Waals surface area contributed by atoms with Gasteiger partial charge in [-0.05, 0) is 0 Å². The van der Waals surface area contributed by atoms with E-state index in [1.54, 1.807) is 6.26 Å². The van der Waals surface area contributed by atoms with E-state index in [0.29, 0.717) is 0 Å². The van der Waals surface area contributed by atoms with Gasteiger partial charge in [-0.1, -0.05) is 30.3 Å². The summed E-state index contributed by atoms with van der Waals surface area (Å²) in [5.41, 5.74) is 0. The average Bonchev–Trinajstić information content (AvgIpc) is 1.94. The first-order valence-electron chi connectivity index (χ1n) is 2.52. The van der Waals surface area contributed by atoms with Crippen molar-refractivity contribution in [2.45, 2.75) is 4.90 Å². The van der Waals surface area contributed by atoms with Gasteiger partial charge >= 0.3 is 59.1 Å². The van der Waals surface area contributed by atoms with E-state index in [4.69, 9.17) is 12.6 Å². The summed E-state index contributed by atoms with van der Waals surface area (Å²) >= 11 is 8.90. The maximum Gasteiger partial charge on any atom is 1.00 e. The van der Waals surface area contributed by atoms with Gasteiger partial charge in [0.15, 0.2) is 0 Å². The van der Waals surface area contributed by atoms with Crippen molar-refractivity contribution in [1.29, 1.82) is 0 Å². The molecule has 0 aliphatic carbocycles. The van der Waals surface area contributed by atoms with E-state index in [0.717, 1.165) is 4.90 Å². The van der Waals surface area contributed by atoms with Gasteiger partial charge in [0, 0.05) is 0 Å². The molecule has 0 aromatic heterocycles. The third-order valence-corrected chi connectivity index (χ3v) is 1.02. The number of hydrogen-bond donors (Lipinski definition) is 0. The van der Waals surface area contributed by atoms with Gasteiger partial charge in [0.2, 0.25) is 0 Å². The Morgan fingerprint density at radius 1 is 0.909 bits per heavy atom. The number of benzene rings is 1. The summed E-state index contributed by atoms with van der Waals surface area (Å²) in [5.74, 6) is 0. The summed E-state index contributed by atoms with van der Waals surface area (Å²) in [6.07, 6.45) is 1.58. The summed E-state index contributed by atoms with van der Waals surface area (Å²) in [6, 6.07) is 9.62. The Bertz CT molecular complexity index is 144. The first kappa shape index (κ1) is 18.5. The Kier molecular flexibility index (Phi) is 24.2. The predicted octanol–water partition coefficient (Wildman–Crippen LogP) is -4.24. The Balaban J connectivity index is -0.000000149. The third kappa shape index (κ3) is 11.8. The van der Waals surface area contributed by atoms with Crippen molar-refractivity contribution in [3.05, 3.63) is 30.3 Å². The molecule has 1 aromatic rings. The SMILES string of the molecule is C[S-].[Na+].[Na+].[S-]c1ccccc1. The van der Waals surface area contributed by atoms with Crippen molar-refractivity contribution < 1.29 is 59.1 Å². The molecule has 0 saturated carbocycles. The maximum absolute atomic E-state index is 4.81. The van der Waals surface area contributed by atoms with Crippen LogP contribution < -0.4 is 59.1 Å². The molecule has 0 saturated heterocycles. The van der Waals surface area contributed by atoms with Gasteiger partial charge in [0.1, 0.15) is 0 Å². The van der Waals surface area contributed by atoms with E-state index in [-0.39, 0.29) is 59.1 Å². The molecule has 0 spiro atoms. The second-order valence-corrected chi connectivity index (χ2v) is 1.78. The van der Waals surface area contributed by atoms with Crippen molar-refractivity contribution in [3.63, 3.8) is 0 Å². The molecule has 0 aliphatic heterocycles. The minimum atomic E-state index is 0. The summed E-state index contributed by atoms with van der Waals surface area (Å²) in [7, 11) is 0. The maximum atomic E-state index is 4.81. The van der Waals surface area contributed by atoms with Crippen LogP contribution in [0.4, 0.5) is 0 Å². The Hall–Kier alpha value is 1.79. The van der Waals surface area contributed by atoms with E-state index >= 15 is 0 Å². The van der Waals surface area contributed by atoms with Crippen molar-refractivity contribution in [2.24, 2.45) is 0 Å². The Morgan fingerprint density at radius 3 is 1.45 bits per heavy atom. The number of rotatable bonds is 0. The van der Waals surface area contributed by atoms with Gasteiger partial charge in [-0.15, -0.1) is 0 Å². The van der Waals surface area contributed by atoms with Gasteiger partial charge in [0.25, 0.3) is 0 Å². The first-order valence-corrected chi connectivity index (χ1v) is 3.75. The topological polar surface area (TPSA) is 0 Å². The van der Waals surface area contributed by atoms with E-state index in [1.165, 1.54) is 0 Å². The fourth-order valence-electron chi connectivity index (χ4n) is 0.420. The van der Waals surface area contributed by atoms with Crippen LogP contribution in [0.15, 0.2) is 35.2 Å². The molecule has 0 fully saturated rings. The zero-order valence-electron chi connectivity index (χ0n) is 7.20. The summed E-state index contributed by atoms with van der Waals surface area (Å²) in [4.78, 5) is 0.905. The second-order valence-electron chi connectivity index (χ2n) is 1.31. The van der Waals surface area contributed by atoms with E-state index in [1.807, 2.05) is 30.3 Å². The summed E-state index contributed by atoms with van der Waals surface area (Å²) < 4.78 is 0. The van der Waals surface area contributed by atoms with Crippen LogP contribution in [-0.2, 0) is 25.3 Å². The Morgan fingerprint density at radius 2 is 1.27 bits per heavy atom. The normalized spacial score (nSPS) is 6.00. The minimum absolute atomic E-state index is 0. The molecule has 0 radical (unpaired) electrons. The van der Waals surface area contributed by atoms with Crippen LogP contribution in [0.25, 0.3) is 0 Å². The van der Waals surface area contributed by atoms with Crippen molar-refractivity contribution in [1.82, 2.24) is 0 Å². The van der Waals surface area contributed by atoms with Crippen LogP contribution in [0.3, 0.4) is 0 Å². The van der Waals surface area contributed by atoms with E-state index < -0.39 is 0 Å². The zero-order chi connectivity index (χ0) is 7.11. The van der Waals surface area contributed by atoms with Crippen LogP contribution in [0.5, 0.6) is 0 Å². The van der Waals surface area contributed by atoms with Crippen LogP contribution in [0.1, 0.15) is 0 Å². The molecule has 50 valence electrons. The van der Waals surface area contributed by atoms with Crippen molar-refractivity contribution in [3.8, 4) is 0 Å². The Labute approximate surface area is 124 Å². The molecule has 0 bridgehead atoms. The van der Waals surface area contributed by atoms with Crippen molar-refractivity contribution >= 4 is 25.3 Å². The smallest absolute Gasteiger partial charge is 0.796 e. The molecular weight excluding hydrogens is 194 g/mol. The quantitative estimate of drug-likeness (QED) is 0.309. The number of hydrogen-bond acceptors (Lipinski definition) is 2. The van der Waals surface area contributed by atoms with Crippen LogP contribution in [0, 0.1) is 0 Å². The van der Waals surface area contributed by atoms with E-state index in [2.05, 4.69) is 12.6 Å². The van der Waals surface area contributed by atoms with Crippen LogP contribution in [-0.4, -0.2) is 6.26 Å². The van der Waals surface area contributed by atoms with E-state index in [9.17, 15) is 0 Å². The molecule has 1 rings (SSSR count). The second kappa shape index (κ2) is 14.3. The fourth-order valence-corrected chi connectivity index (χ4v) is 0.578. The molecular formula is C7H8Na2S2. The molecule has 0 amide bonds. The standard InChI is InChI=1S/C6H6S.CH4S.2Na/c7-6-4-2-1-3-5-6;1-2;;/h1-5,7H;2H,1H3;;/q;;2*+1/p-2. The van der Waals surface area contributed by atoms with Gasteiger partial charge in [-0.2, -0.15) is 11.2 Å². The van der Waals surface area contributed by atoms with Crippen LogP contribution in [0.2, 0.25) is 0 Å². The largest absolute Gasteiger partial charge is 1.00 e. The first-order chi connectivity index (χ1) is 4.39. The summed E-state index contributed by atoms with van der Waals surface area (Å²) in [5, 5.41) is 0. The predicted molar refractivity (Wildman–Crippen MR) is 45.4 cm³/mol. The molecule has 0 heterocycles. The fraction of sp³-hybridized carbons (Fsp3) is 0.143. The molecule has 4 heteroatoms. The van der Waals surface area contributed by atoms with Gasteiger partial charge in [-0.25, -0.2) is 0 Å².